The Bertz CT molecular complexity index is 500. The summed E-state index contributed by atoms with van der Waals surface area (Å²) in [5.74, 6) is -1.07. The zero-order valence-electron chi connectivity index (χ0n) is 9.25. The maximum Gasteiger partial charge on any atom is 0.387 e. The number of carbonyl (C=O) groups excluding carboxylic acids is 1. The number of carbonyl (C=O) groups is 1. The smallest absolute Gasteiger partial charge is 0.387 e. The molecule has 96 valence electrons. The van der Waals surface area contributed by atoms with Crippen LogP contribution in [0.4, 0.5) is 8.78 Å². The van der Waals surface area contributed by atoms with E-state index in [1.54, 1.807) is 13.0 Å². The third kappa shape index (κ3) is 3.53. The lowest BCUT2D eigenvalue weighted by Gasteiger charge is -2.10. The van der Waals surface area contributed by atoms with Gasteiger partial charge < -0.3 is 9.47 Å². The third-order valence-corrected chi connectivity index (χ3v) is 2.51. The highest BCUT2D eigenvalue weighted by molar-refractivity contribution is 14.1. The van der Waals surface area contributed by atoms with Gasteiger partial charge in [-0.1, -0.05) is 0 Å². The van der Waals surface area contributed by atoms with Crippen LogP contribution < -0.4 is 4.74 Å². The molecule has 7 heteroatoms. The first kappa shape index (κ1) is 14.6. The first-order chi connectivity index (χ1) is 8.49. The zero-order valence-corrected chi connectivity index (χ0v) is 11.4. The molecule has 0 atom stereocenters. The van der Waals surface area contributed by atoms with Gasteiger partial charge in [-0.2, -0.15) is 14.0 Å². The maximum atomic E-state index is 12.2. The van der Waals surface area contributed by atoms with Crippen LogP contribution in [0.25, 0.3) is 0 Å². The maximum absolute atomic E-state index is 12.2. The monoisotopic (exact) mass is 367 g/mol. The molecule has 0 saturated heterocycles. The highest BCUT2D eigenvalue weighted by atomic mass is 127. The van der Waals surface area contributed by atoms with Crippen molar-refractivity contribution < 1.29 is 23.0 Å². The van der Waals surface area contributed by atoms with Gasteiger partial charge in [0.15, 0.2) is 0 Å². The third-order valence-electron chi connectivity index (χ3n) is 1.89. The first-order valence-corrected chi connectivity index (χ1v) is 5.93. The van der Waals surface area contributed by atoms with Crippen molar-refractivity contribution in [3.05, 3.63) is 26.8 Å². The molecule has 0 unspecified atom stereocenters. The Balaban J connectivity index is 3.29. The van der Waals surface area contributed by atoms with Crippen LogP contribution >= 0.6 is 22.6 Å². The van der Waals surface area contributed by atoms with Crippen molar-refractivity contribution >= 4 is 28.6 Å². The minimum atomic E-state index is -3.06. The molecule has 1 aromatic rings. The quantitative estimate of drug-likeness (QED) is 0.607. The van der Waals surface area contributed by atoms with Gasteiger partial charge in [0.05, 0.1) is 12.2 Å². The van der Waals surface area contributed by atoms with Crippen LogP contribution in [0, 0.1) is 14.9 Å². The highest BCUT2D eigenvalue weighted by Gasteiger charge is 2.20. The van der Waals surface area contributed by atoms with Crippen LogP contribution in [-0.2, 0) is 4.74 Å². The number of esters is 1. The molecule has 0 radical (unpaired) electrons. The Kier molecular flexibility index (Phi) is 5.27. The van der Waals surface area contributed by atoms with E-state index in [1.807, 2.05) is 22.6 Å². The van der Waals surface area contributed by atoms with Gasteiger partial charge in [-0.05, 0) is 41.6 Å². The summed E-state index contributed by atoms with van der Waals surface area (Å²) < 4.78 is 33.9. The lowest BCUT2D eigenvalue weighted by Crippen LogP contribution is -2.11. The Hall–Kier alpha value is -1.43. The summed E-state index contributed by atoms with van der Waals surface area (Å²) >= 11 is 1.83. The Morgan fingerprint density at radius 1 is 1.56 bits per heavy atom. The van der Waals surface area contributed by atoms with Crippen LogP contribution in [-0.4, -0.2) is 19.2 Å². The van der Waals surface area contributed by atoms with Crippen LogP contribution in [0.5, 0.6) is 5.75 Å². The standard InChI is InChI=1S/C11H8F2INO3/c1-2-17-10(16)7-3-6(14)4-9(8(7)5-15)18-11(12)13/h3-4,11H,2H2,1H3. The molecular formula is C11H8F2INO3. The summed E-state index contributed by atoms with van der Waals surface area (Å²) in [6, 6.07) is 4.32. The van der Waals surface area contributed by atoms with E-state index in [0.29, 0.717) is 3.57 Å². The molecule has 0 fully saturated rings. The summed E-state index contributed by atoms with van der Waals surface area (Å²) in [5, 5.41) is 8.94. The van der Waals surface area contributed by atoms with E-state index in [1.165, 1.54) is 12.1 Å². The van der Waals surface area contributed by atoms with E-state index in [2.05, 4.69) is 4.74 Å². The van der Waals surface area contributed by atoms with E-state index >= 15 is 0 Å². The molecule has 0 aliphatic carbocycles. The fourth-order valence-electron chi connectivity index (χ4n) is 1.26. The van der Waals surface area contributed by atoms with E-state index in [9.17, 15) is 13.6 Å². The molecule has 0 aromatic heterocycles. The molecular weight excluding hydrogens is 359 g/mol. The molecule has 1 rings (SSSR count). The molecule has 1 aromatic carbocycles. The van der Waals surface area contributed by atoms with Gasteiger partial charge >= 0.3 is 12.6 Å². The van der Waals surface area contributed by atoms with Gasteiger partial charge in [0.25, 0.3) is 0 Å². The van der Waals surface area contributed by atoms with E-state index < -0.39 is 12.6 Å². The van der Waals surface area contributed by atoms with Gasteiger partial charge in [-0.25, -0.2) is 4.79 Å². The Morgan fingerprint density at radius 2 is 2.22 bits per heavy atom. The molecule has 0 aliphatic rings. The Morgan fingerprint density at radius 3 is 2.72 bits per heavy atom. The number of halogens is 3. The second kappa shape index (κ2) is 6.49. The topological polar surface area (TPSA) is 59.3 Å². The van der Waals surface area contributed by atoms with E-state index in [-0.39, 0.29) is 23.5 Å². The van der Waals surface area contributed by atoms with Gasteiger partial charge in [-0.15, -0.1) is 0 Å². The number of benzene rings is 1. The van der Waals surface area contributed by atoms with Gasteiger partial charge in [0.1, 0.15) is 17.4 Å². The van der Waals surface area contributed by atoms with Crippen LogP contribution in [0.15, 0.2) is 12.1 Å². The van der Waals surface area contributed by atoms with Crippen molar-refractivity contribution in [1.29, 1.82) is 5.26 Å². The van der Waals surface area contributed by atoms with Crippen molar-refractivity contribution in [1.82, 2.24) is 0 Å². The van der Waals surface area contributed by atoms with Crippen LogP contribution in [0.2, 0.25) is 0 Å². The number of nitriles is 1. The number of hydrogen-bond donors (Lipinski definition) is 0. The summed E-state index contributed by atoms with van der Waals surface area (Å²) in [6.07, 6.45) is 0. The average Bonchev–Trinajstić information content (AvgIpc) is 2.27. The average molecular weight is 367 g/mol. The summed E-state index contributed by atoms with van der Waals surface area (Å²) in [5.41, 5.74) is -0.337. The molecule has 0 spiro atoms. The minimum absolute atomic E-state index is 0.0816. The van der Waals surface area contributed by atoms with Gasteiger partial charge in [-0.3, -0.25) is 0 Å². The van der Waals surface area contributed by atoms with Crippen molar-refractivity contribution in [3.8, 4) is 11.8 Å². The fourth-order valence-corrected chi connectivity index (χ4v) is 1.85. The summed E-state index contributed by atoms with van der Waals surface area (Å²) in [7, 11) is 0. The van der Waals surface area contributed by atoms with Crippen molar-refractivity contribution in [3.63, 3.8) is 0 Å². The van der Waals surface area contributed by atoms with Crippen LogP contribution in [0.3, 0.4) is 0 Å². The van der Waals surface area contributed by atoms with Crippen molar-refractivity contribution in [2.24, 2.45) is 0 Å². The predicted molar refractivity (Wildman–Crippen MR) is 66.5 cm³/mol. The van der Waals surface area contributed by atoms with Crippen molar-refractivity contribution in [2.75, 3.05) is 6.61 Å². The molecule has 4 nitrogen and oxygen atoms in total. The SMILES string of the molecule is CCOC(=O)c1cc(I)cc(OC(F)F)c1C#N. The first-order valence-electron chi connectivity index (χ1n) is 4.85. The summed E-state index contributed by atoms with van der Waals surface area (Å²) in [4.78, 5) is 11.6. The van der Waals surface area contributed by atoms with Gasteiger partial charge in [0.2, 0.25) is 0 Å². The molecule has 0 bridgehead atoms. The Labute approximate surface area is 116 Å². The fraction of sp³-hybridized carbons (Fsp3) is 0.273. The highest BCUT2D eigenvalue weighted by Crippen LogP contribution is 2.27. The van der Waals surface area contributed by atoms with Gasteiger partial charge in [0, 0.05) is 3.57 Å². The number of nitrogens with zero attached hydrogens (tertiary/aromatic N) is 1. The second-order valence-electron chi connectivity index (χ2n) is 3.04. The molecule has 0 aliphatic heterocycles. The molecule has 0 N–H and O–H groups in total. The normalized spacial score (nSPS) is 10.0. The molecule has 0 saturated carbocycles. The van der Waals surface area contributed by atoms with Crippen LogP contribution in [0.1, 0.15) is 22.8 Å². The summed E-state index contributed by atoms with van der Waals surface area (Å²) in [6.45, 7) is -1.33. The predicted octanol–water partition coefficient (Wildman–Crippen LogP) is 2.94. The minimum Gasteiger partial charge on any atom is -0.462 e. The second-order valence-corrected chi connectivity index (χ2v) is 4.28. The molecule has 0 heterocycles. The number of alkyl halides is 2. The van der Waals surface area contributed by atoms with E-state index in [0.717, 1.165) is 0 Å². The number of hydrogen-bond acceptors (Lipinski definition) is 4. The van der Waals surface area contributed by atoms with Crippen molar-refractivity contribution in [2.45, 2.75) is 13.5 Å². The molecule has 18 heavy (non-hydrogen) atoms. The van der Waals surface area contributed by atoms with E-state index in [4.69, 9.17) is 10.00 Å². The lowest BCUT2D eigenvalue weighted by molar-refractivity contribution is -0.0501. The number of ether oxygens (including phenoxy) is 2. The number of rotatable bonds is 4. The molecule has 0 amide bonds. The lowest BCUT2D eigenvalue weighted by atomic mass is 10.1. The zero-order chi connectivity index (χ0) is 13.7. The largest absolute Gasteiger partial charge is 0.462 e.